The molecule has 2 nitrogen and oxygen atoms in total. The molecule has 90 valence electrons. The summed E-state index contributed by atoms with van der Waals surface area (Å²) in [5.74, 6) is -0.786. The quantitative estimate of drug-likeness (QED) is 0.886. The summed E-state index contributed by atoms with van der Waals surface area (Å²) in [4.78, 5) is 10.2. The molecular weight excluding hydrogens is 232 g/mol. The van der Waals surface area contributed by atoms with E-state index >= 15 is 0 Å². The fraction of sp³-hybridized carbons (Fsp3) is 0.0714. The van der Waals surface area contributed by atoms with Crippen molar-refractivity contribution in [2.24, 2.45) is 0 Å². The zero-order valence-electron chi connectivity index (χ0n) is 9.41. The number of benzene rings is 2. The first kappa shape index (κ1) is 15.3. The van der Waals surface area contributed by atoms with Crippen molar-refractivity contribution < 1.29 is 9.90 Å². The number of carboxylic acids is 1. The van der Waals surface area contributed by atoms with Crippen molar-refractivity contribution >= 4 is 19.5 Å². The molecule has 0 fully saturated rings. The van der Waals surface area contributed by atoms with Gasteiger partial charge in [0.1, 0.15) is 0 Å². The summed E-state index contributed by atoms with van der Waals surface area (Å²) in [5, 5.41) is 8.37. The summed E-state index contributed by atoms with van der Waals surface area (Å²) in [5.41, 5.74) is 0.843. The smallest absolute Gasteiger partial charge is 0.307 e. The Labute approximate surface area is 108 Å². The lowest BCUT2D eigenvalue weighted by Gasteiger charge is -1.92. The summed E-state index contributed by atoms with van der Waals surface area (Å²) in [7, 11) is 0. The highest BCUT2D eigenvalue weighted by molar-refractivity contribution is 7.59. The van der Waals surface area contributed by atoms with E-state index in [0.717, 1.165) is 5.56 Å². The van der Waals surface area contributed by atoms with E-state index in [1.54, 1.807) is 12.1 Å². The normalized spacial score (nSPS) is 8.24. The van der Waals surface area contributed by atoms with Gasteiger partial charge in [-0.1, -0.05) is 66.7 Å². The topological polar surface area (TPSA) is 37.3 Å². The third kappa shape index (κ3) is 8.11. The van der Waals surface area contributed by atoms with E-state index in [9.17, 15) is 4.79 Å². The van der Waals surface area contributed by atoms with Crippen LogP contribution < -0.4 is 0 Å². The number of hydrogen-bond donors (Lipinski definition) is 1. The van der Waals surface area contributed by atoms with E-state index in [0.29, 0.717) is 0 Å². The van der Waals surface area contributed by atoms with Crippen molar-refractivity contribution in [2.75, 3.05) is 0 Å². The van der Waals surface area contributed by atoms with Crippen LogP contribution in [0.3, 0.4) is 0 Å². The number of hydrogen-bond acceptors (Lipinski definition) is 1. The Bertz CT molecular complexity index is 374. The Morgan fingerprint density at radius 3 is 1.53 bits per heavy atom. The zero-order valence-corrected chi connectivity index (χ0v) is 10.4. The van der Waals surface area contributed by atoms with Gasteiger partial charge in [0.25, 0.3) is 0 Å². The highest BCUT2D eigenvalue weighted by Gasteiger charge is 1.96. The molecule has 2 aromatic carbocycles. The second-order valence-electron chi connectivity index (χ2n) is 3.21. The molecule has 0 radical (unpaired) electrons. The molecule has 0 saturated carbocycles. The van der Waals surface area contributed by atoms with Gasteiger partial charge in [0, 0.05) is 0 Å². The molecule has 0 atom stereocenters. The predicted octanol–water partition coefficient (Wildman–Crippen LogP) is 3.11. The predicted molar refractivity (Wildman–Crippen MR) is 74.6 cm³/mol. The van der Waals surface area contributed by atoms with Gasteiger partial charge in [0.2, 0.25) is 0 Å². The second-order valence-corrected chi connectivity index (χ2v) is 3.21. The molecule has 17 heavy (non-hydrogen) atoms. The Balaban J connectivity index is 0.000000316. The van der Waals surface area contributed by atoms with Gasteiger partial charge in [0.05, 0.1) is 6.42 Å². The van der Waals surface area contributed by atoms with Gasteiger partial charge in [-0.3, -0.25) is 4.79 Å². The molecule has 0 aliphatic heterocycles. The van der Waals surface area contributed by atoms with Crippen molar-refractivity contribution in [3.05, 3.63) is 72.3 Å². The molecule has 0 aromatic heterocycles. The van der Waals surface area contributed by atoms with E-state index in [2.05, 4.69) is 0 Å². The molecule has 2 aromatic rings. The number of carbonyl (C=O) groups is 1. The molecular formula is C14H16O2S. The molecule has 3 heteroatoms. The Hall–Kier alpha value is -1.74. The maximum atomic E-state index is 10.2. The molecule has 0 aliphatic rings. The van der Waals surface area contributed by atoms with Crippen LogP contribution in [0.5, 0.6) is 0 Å². The minimum absolute atomic E-state index is 0. The largest absolute Gasteiger partial charge is 0.481 e. The van der Waals surface area contributed by atoms with Gasteiger partial charge >= 0.3 is 5.97 Å². The first-order valence-corrected chi connectivity index (χ1v) is 5.05. The van der Waals surface area contributed by atoms with Crippen molar-refractivity contribution in [2.45, 2.75) is 6.42 Å². The Morgan fingerprint density at radius 2 is 1.18 bits per heavy atom. The van der Waals surface area contributed by atoms with Gasteiger partial charge in [-0.2, -0.15) is 13.5 Å². The fourth-order valence-corrected chi connectivity index (χ4v) is 1.16. The van der Waals surface area contributed by atoms with Gasteiger partial charge in [0.15, 0.2) is 0 Å². The minimum Gasteiger partial charge on any atom is -0.481 e. The molecule has 0 unspecified atom stereocenters. The first-order valence-electron chi connectivity index (χ1n) is 5.05. The number of rotatable bonds is 2. The van der Waals surface area contributed by atoms with Gasteiger partial charge in [-0.05, 0) is 5.56 Å². The van der Waals surface area contributed by atoms with Crippen LogP contribution in [0.2, 0.25) is 0 Å². The van der Waals surface area contributed by atoms with Crippen molar-refractivity contribution in [3.63, 3.8) is 0 Å². The van der Waals surface area contributed by atoms with Crippen LogP contribution in [0.15, 0.2) is 66.7 Å². The van der Waals surface area contributed by atoms with Crippen LogP contribution in [0.25, 0.3) is 0 Å². The van der Waals surface area contributed by atoms with Crippen LogP contribution in [-0.4, -0.2) is 11.1 Å². The molecule has 2 rings (SSSR count). The minimum atomic E-state index is -0.786. The van der Waals surface area contributed by atoms with Crippen molar-refractivity contribution in [1.29, 1.82) is 0 Å². The summed E-state index contributed by atoms with van der Waals surface area (Å²) < 4.78 is 0. The van der Waals surface area contributed by atoms with E-state index in [1.165, 1.54) is 0 Å². The first-order chi connectivity index (χ1) is 7.79. The summed E-state index contributed by atoms with van der Waals surface area (Å²) in [6.45, 7) is 0. The highest BCUT2D eigenvalue weighted by atomic mass is 32.1. The lowest BCUT2D eigenvalue weighted by molar-refractivity contribution is -0.136. The molecule has 0 saturated heterocycles. The fourth-order valence-electron chi connectivity index (χ4n) is 1.16. The molecule has 1 N–H and O–H groups in total. The summed E-state index contributed by atoms with van der Waals surface area (Å²) >= 11 is 0. The van der Waals surface area contributed by atoms with Crippen LogP contribution in [0.4, 0.5) is 0 Å². The van der Waals surface area contributed by atoms with Gasteiger partial charge < -0.3 is 5.11 Å². The van der Waals surface area contributed by atoms with E-state index in [1.807, 2.05) is 54.6 Å². The molecule has 0 bridgehead atoms. The van der Waals surface area contributed by atoms with Crippen molar-refractivity contribution in [1.82, 2.24) is 0 Å². The van der Waals surface area contributed by atoms with Gasteiger partial charge in [-0.25, -0.2) is 0 Å². The maximum absolute atomic E-state index is 10.2. The number of carboxylic acid groups (broad SMARTS) is 1. The summed E-state index contributed by atoms with van der Waals surface area (Å²) in [6.07, 6.45) is 0.112. The lowest BCUT2D eigenvalue weighted by Crippen LogP contribution is -1.98. The van der Waals surface area contributed by atoms with Crippen LogP contribution in [0.1, 0.15) is 5.56 Å². The van der Waals surface area contributed by atoms with E-state index in [4.69, 9.17) is 5.11 Å². The van der Waals surface area contributed by atoms with Crippen LogP contribution >= 0.6 is 13.5 Å². The third-order valence-corrected chi connectivity index (χ3v) is 1.86. The molecule has 0 spiro atoms. The van der Waals surface area contributed by atoms with Gasteiger partial charge in [-0.15, -0.1) is 0 Å². The van der Waals surface area contributed by atoms with Crippen molar-refractivity contribution in [3.8, 4) is 0 Å². The third-order valence-electron chi connectivity index (χ3n) is 1.86. The second kappa shape index (κ2) is 9.48. The molecule has 0 heterocycles. The number of aliphatic carboxylic acids is 1. The monoisotopic (exact) mass is 248 g/mol. The van der Waals surface area contributed by atoms with Crippen LogP contribution in [0, 0.1) is 0 Å². The zero-order chi connectivity index (χ0) is 11.6. The van der Waals surface area contributed by atoms with E-state index in [-0.39, 0.29) is 19.9 Å². The standard InChI is InChI=1S/C8H8O2.C6H6.H2S/c9-8(10)6-7-4-2-1-3-5-7;1-2-4-6-5-3-1;/h1-5H,6H2,(H,9,10);1-6H;1H2. The Morgan fingerprint density at radius 1 is 0.824 bits per heavy atom. The van der Waals surface area contributed by atoms with Crippen LogP contribution in [-0.2, 0) is 11.2 Å². The molecule has 0 aliphatic carbocycles. The maximum Gasteiger partial charge on any atom is 0.307 e. The average Bonchev–Trinajstić information content (AvgIpc) is 2.32. The SMILES string of the molecule is O=C(O)Cc1ccccc1.S.c1ccccc1. The molecule has 0 amide bonds. The average molecular weight is 248 g/mol. The lowest BCUT2D eigenvalue weighted by atomic mass is 10.2. The Kier molecular flexibility index (Phi) is 8.51. The highest BCUT2D eigenvalue weighted by Crippen LogP contribution is 1.98. The van der Waals surface area contributed by atoms with E-state index < -0.39 is 5.97 Å². The summed E-state index contributed by atoms with van der Waals surface area (Å²) in [6, 6.07) is 21.1.